The quantitative estimate of drug-likeness (QED) is 0.413. The van der Waals surface area contributed by atoms with Crippen molar-refractivity contribution in [2.75, 3.05) is 10.6 Å². The van der Waals surface area contributed by atoms with Gasteiger partial charge in [0, 0.05) is 23.3 Å². The SMILES string of the molecule is CCc1ccc(S(=O)(=O)NC2CCc3ccc(Nc4ncccc4NC(=O)C(C)(C)C)cc32)cc1. The molecule has 0 bridgehead atoms. The Kier molecular flexibility index (Phi) is 6.96. The highest BCUT2D eigenvalue weighted by molar-refractivity contribution is 7.89. The van der Waals surface area contributed by atoms with Gasteiger partial charge in [-0.25, -0.2) is 18.1 Å². The lowest BCUT2D eigenvalue weighted by Crippen LogP contribution is -2.28. The van der Waals surface area contributed by atoms with Crippen LogP contribution in [0.5, 0.6) is 0 Å². The van der Waals surface area contributed by atoms with Gasteiger partial charge >= 0.3 is 0 Å². The van der Waals surface area contributed by atoms with Gasteiger partial charge in [0.15, 0.2) is 5.82 Å². The first-order valence-electron chi connectivity index (χ1n) is 11.8. The Bertz CT molecular complexity index is 1330. The summed E-state index contributed by atoms with van der Waals surface area (Å²) in [6.45, 7) is 7.60. The fourth-order valence-corrected chi connectivity index (χ4v) is 5.26. The lowest BCUT2D eigenvalue weighted by molar-refractivity contribution is -0.123. The molecule has 0 fully saturated rings. The molecule has 0 saturated carbocycles. The van der Waals surface area contributed by atoms with E-state index in [0.29, 0.717) is 17.9 Å². The first-order valence-corrected chi connectivity index (χ1v) is 13.3. The second-order valence-electron chi connectivity index (χ2n) is 9.85. The van der Waals surface area contributed by atoms with E-state index >= 15 is 0 Å². The van der Waals surface area contributed by atoms with E-state index in [1.807, 2.05) is 58.0 Å². The monoisotopic (exact) mass is 492 g/mol. The highest BCUT2D eigenvalue weighted by Crippen LogP contribution is 2.35. The van der Waals surface area contributed by atoms with Crippen molar-refractivity contribution in [1.82, 2.24) is 9.71 Å². The number of pyridine rings is 1. The van der Waals surface area contributed by atoms with Crippen LogP contribution in [0, 0.1) is 5.41 Å². The summed E-state index contributed by atoms with van der Waals surface area (Å²) in [5.74, 6) is 0.417. The van der Waals surface area contributed by atoms with Crippen molar-refractivity contribution in [2.45, 2.75) is 57.9 Å². The highest BCUT2D eigenvalue weighted by atomic mass is 32.2. The molecule has 1 aromatic heterocycles. The zero-order chi connectivity index (χ0) is 25.2. The number of benzene rings is 2. The average Bonchev–Trinajstić information content (AvgIpc) is 3.21. The van der Waals surface area contributed by atoms with Crippen molar-refractivity contribution < 1.29 is 13.2 Å². The first kappa shape index (κ1) is 24.9. The summed E-state index contributed by atoms with van der Waals surface area (Å²) in [6, 6.07) is 16.2. The van der Waals surface area contributed by atoms with Gasteiger partial charge in [-0.2, -0.15) is 0 Å². The Balaban J connectivity index is 1.54. The smallest absolute Gasteiger partial charge is 0.241 e. The molecule has 4 rings (SSSR count). The highest BCUT2D eigenvalue weighted by Gasteiger charge is 2.28. The molecule has 184 valence electrons. The van der Waals surface area contributed by atoms with Gasteiger partial charge in [0.05, 0.1) is 10.6 Å². The number of nitrogens with one attached hydrogen (secondary N) is 3. The Morgan fingerprint density at radius 3 is 2.51 bits per heavy atom. The summed E-state index contributed by atoms with van der Waals surface area (Å²) in [5, 5.41) is 6.22. The van der Waals surface area contributed by atoms with Crippen molar-refractivity contribution in [2.24, 2.45) is 5.41 Å². The molecule has 0 aliphatic heterocycles. The lowest BCUT2D eigenvalue weighted by Gasteiger charge is -2.20. The van der Waals surface area contributed by atoms with Gasteiger partial charge in [0.25, 0.3) is 0 Å². The molecule has 1 amide bonds. The Morgan fingerprint density at radius 1 is 1.09 bits per heavy atom. The van der Waals surface area contributed by atoms with Gasteiger partial charge in [-0.1, -0.05) is 45.9 Å². The number of anilines is 3. The first-order chi connectivity index (χ1) is 16.6. The second kappa shape index (κ2) is 9.79. The molecule has 1 heterocycles. The zero-order valence-corrected chi connectivity index (χ0v) is 21.4. The predicted octanol–water partition coefficient (Wildman–Crippen LogP) is 5.34. The van der Waals surface area contributed by atoms with Crippen LogP contribution in [-0.2, 0) is 27.7 Å². The molecule has 0 saturated heterocycles. The van der Waals surface area contributed by atoms with E-state index in [1.54, 1.807) is 30.5 Å². The van der Waals surface area contributed by atoms with Crippen LogP contribution < -0.4 is 15.4 Å². The number of hydrogen-bond donors (Lipinski definition) is 3. The van der Waals surface area contributed by atoms with Gasteiger partial charge < -0.3 is 10.6 Å². The zero-order valence-electron chi connectivity index (χ0n) is 20.6. The largest absolute Gasteiger partial charge is 0.338 e. The summed E-state index contributed by atoms with van der Waals surface area (Å²) in [4.78, 5) is 17.2. The third kappa shape index (κ3) is 5.71. The molecule has 1 aliphatic carbocycles. The topological polar surface area (TPSA) is 100 Å². The van der Waals surface area contributed by atoms with Crippen LogP contribution in [0.1, 0.15) is 56.8 Å². The van der Waals surface area contributed by atoms with E-state index in [2.05, 4.69) is 20.3 Å². The molecule has 8 heteroatoms. The van der Waals surface area contributed by atoms with Crippen molar-refractivity contribution >= 4 is 33.1 Å². The van der Waals surface area contributed by atoms with E-state index in [-0.39, 0.29) is 16.8 Å². The van der Waals surface area contributed by atoms with Crippen molar-refractivity contribution in [3.63, 3.8) is 0 Å². The minimum absolute atomic E-state index is 0.107. The fraction of sp³-hybridized carbons (Fsp3) is 0.333. The van der Waals surface area contributed by atoms with Crippen LogP contribution in [0.4, 0.5) is 17.2 Å². The van der Waals surface area contributed by atoms with E-state index in [0.717, 1.165) is 35.2 Å². The van der Waals surface area contributed by atoms with Crippen molar-refractivity contribution in [1.29, 1.82) is 0 Å². The van der Waals surface area contributed by atoms with Crippen LogP contribution in [0.25, 0.3) is 0 Å². The molecule has 3 aromatic rings. The average molecular weight is 493 g/mol. The van der Waals surface area contributed by atoms with Gasteiger partial charge in [0.2, 0.25) is 15.9 Å². The number of rotatable bonds is 7. The molecule has 3 N–H and O–H groups in total. The molecule has 1 unspecified atom stereocenters. The third-order valence-corrected chi connectivity index (χ3v) is 7.65. The number of nitrogens with zero attached hydrogens (tertiary/aromatic N) is 1. The lowest BCUT2D eigenvalue weighted by atomic mass is 9.95. The summed E-state index contributed by atoms with van der Waals surface area (Å²) in [6.07, 6.45) is 4.01. The molecule has 2 aromatic carbocycles. The van der Waals surface area contributed by atoms with Crippen LogP contribution in [0.3, 0.4) is 0 Å². The van der Waals surface area contributed by atoms with Crippen LogP contribution in [0.15, 0.2) is 65.7 Å². The Hall–Kier alpha value is -3.23. The summed E-state index contributed by atoms with van der Waals surface area (Å²) in [5.41, 5.74) is 3.97. The molecule has 7 nitrogen and oxygen atoms in total. The van der Waals surface area contributed by atoms with Gasteiger partial charge in [0.1, 0.15) is 0 Å². The maximum atomic E-state index is 13.0. The minimum Gasteiger partial charge on any atom is -0.338 e. The van der Waals surface area contributed by atoms with Gasteiger partial charge in [-0.3, -0.25) is 4.79 Å². The molecular weight excluding hydrogens is 460 g/mol. The number of aryl methyl sites for hydroxylation is 2. The number of fused-ring (bicyclic) bond motifs is 1. The number of amides is 1. The number of hydrogen-bond acceptors (Lipinski definition) is 5. The standard InChI is InChI=1S/C27H32N4O3S/c1-5-18-8-13-21(14-9-18)35(33,34)31-23-15-11-19-10-12-20(17-22(19)23)29-25-24(7-6-16-28-25)30-26(32)27(2,3)4/h6-10,12-14,16-17,23,31H,5,11,15H2,1-4H3,(H,28,29)(H,30,32). The molecule has 0 spiro atoms. The van der Waals surface area contributed by atoms with Crippen LogP contribution in [0.2, 0.25) is 0 Å². The molecule has 0 radical (unpaired) electrons. The summed E-state index contributed by atoms with van der Waals surface area (Å²) < 4.78 is 28.9. The van der Waals surface area contributed by atoms with Crippen molar-refractivity contribution in [3.05, 3.63) is 77.5 Å². The van der Waals surface area contributed by atoms with Gasteiger partial charge in [-0.15, -0.1) is 0 Å². The Morgan fingerprint density at radius 2 is 1.83 bits per heavy atom. The summed E-state index contributed by atoms with van der Waals surface area (Å²) in [7, 11) is -3.65. The second-order valence-corrected chi connectivity index (χ2v) is 11.6. The number of carbonyl (C=O) groups excluding carboxylic acids is 1. The number of aromatic nitrogens is 1. The summed E-state index contributed by atoms with van der Waals surface area (Å²) >= 11 is 0. The fourth-order valence-electron chi connectivity index (χ4n) is 4.01. The maximum absolute atomic E-state index is 13.0. The van der Waals surface area contributed by atoms with Crippen LogP contribution in [-0.4, -0.2) is 19.3 Å². The van der Waals surface area contributed by atoms with E-state index in [9.17, 15) is 13.2 Å². The van der Waals surface area contributed by atoms with Gasteiger partial charge in [-0.05, 0) is 72.4 Å². The van der Waals surface area contributed by atoms with E-state index in [4.69, 9.17) is 0 Å². The van der Waals surface area contributed by atoms with E-state index in [1.165, 1.54) is 0 Å². The number of carbonyl (C=O) groups is 1. The maximum Gasteiger partial charge on any atom is 0.241 e. The predicted molar refractivity (Wildman–Crippen MR) is 139 cm³/mol. The van der Waals surface area contributed by atoms with Crippen LogP contribution >= 0.6 is 0 Å². The molecule has 1 atom stereocenters. The molecular formula is C27H32N4O3S. The third-order valence-electron chi connectivity index (χ3n) is 6.16. The normalized spacial score (nSPS) is 15.5. The minimum atomic E-state index is -3.65. The van der Waals surface area contributed by atoms with E-state index < -0.39 is 15.4 Å². The molecule has 1 aliphatic rings. The Labute approximate surface area is 207 Å². The molecule has 35 heavy (non-hydrogen) atoms. The van der Waals surface area contributed by atoms with Crippen molar-refractivity contribution in [3.8, 4) is 0 Å². The number of sulfonamides is 1.